The second-order valence-electron chi connectivity index (χ2n) is 4.18. The lowest BCUT2D eigenvalue weighted by Crippen LogP contribution is -2.29. The fourth-order valence-corrected chi connectivity index (χ4v) is 2.26. The molecule has 1 aromatic rings. The molecule has 82 valence electrons. The van der Waals surface area contributed by atoms with E-state index in [-0.39, 0.29) is 0 Å². The van der Waals surface area contributed by atoms with Crippen LogP contribution >= 0.6 is 11.6 Å². The van der Waals surface area contributed by atoms with Crippen LogP contribution in [0.2, 0.25) is 5.02 Å². The van der Waals surface area contributed by atoms with Crippen molar-refractivity contribution >= 4 is 17.3 Å². The second-order valence-corrected chi connectivity index (χ2v) is 4.62. The maximum absolute atomic E-state index is 5.96. The van der Waals surface area contributed by atoms with Gasteiger partial charge in [-0.1, -0.05) is 18.0 Å². The van der Waals surface area contributed by atoms with Crippen molar-refractivity contribution in [2.45, 2.75) is 25.8 Å². The summed E-state index contributed by atoms with van der Waals surface area (Å²) in [6.07, 6.45) is 3.97. The van der Waals surface area contributed by atoms with Gasteiger partial charge in [0.25, 0.3) is 0 Å². The molecule has 2 nitrogen and oxygen atoms in total. The van der Waals surface area contributed by atoms with Crippen molar-refractivity contribution in [1.29, 1.82) is 0 Å². The first-order valence-corrected chi connectivity index (χ1v) is 5.90. The van der Waals surface area contributed by atoms with E-state index >= 15 is 0 Å². The highest BCUT2D eigenvalue weighted by Gasteiger charge is 2.11. The molecular weight excluding hydrogens is 208 g/mol. The van der Waals surface area contributed by atoms with Crippen LogP contribution in [0.1, 0.15) is 24.8 Å². The summed E-state index contributed by atoms with van der Waals surface area (Å²) in [4.78, 5) is 2.45. The summed E-state index contributed by atoms with van der Waals surface area (Å²) in [5.41, 5.74) is 7.93. The minimum absolute atomic E-state index is 0.774. The predicted molar refractivity (Wildman–Crippen MR) is 65.0 cm³/mol. The Bertz CT molecular complexity index is 332. The number of nitrogen functional groups attached to an aromatic ring is 1. The third-order valence-corrected chi connectivity index (χ3v) is 3.18. The first-order valence-electron chi connectivity index (χ1n) is 5.52. The van der Waals surface area contributed by atoms with E-state index in [0.29, 0.717) is 0 Å². The highest BCUT2D eigenvalue weighted by Crippen LogP contribution is 2.21. The van der Waals surface area contributed by atoms with E-state index in [1.54, 1.807) is 0 Å². The molecule has 1 aliphatic heterocycles. The number of hydrogen-bond acceptors (Lipinski definition) is 2. The summed E-state index contributed by atoms with van der Waals surface area (Å²) in [6.45, 7) is 3.31. The summed E-state index contributed by atoms with van der Waals surface area (Å²) in [5, 5.41) is 0.774. The molecule has 1 aromatic carbocycles. The zero-order valence-electron chi connectivity index (χ0n) is 8.88. The predicted octanol–water partition coefficient (Wildman–Crippen LogP) is 2.91. The number of nitrogens with two attached hydrogens (primary N) is 1. The lowest BCUT2D eigenvalue weighted by molar-refractivity contribution is 0.221. The van der Waals surface area contributed by atoms with Crippen molar-refractivity contribution in [3.63, 3.8) is 0 Å². The molecule has 0 atom stereocenters. The van der Waals surface area contributed by atoms with Crippen molar-refractivity contribution in [2.24, 2.45) is 0 Å². The molecule has 0 saturated carbocycles. The Morgan fingerprint density at radius 2 is 1.93 bits per heavy atom. The molecule has 0 aromatic heterocycles. The van der Waals surface area contributed by atoms with Gasteiger partial charge in [0.1, 0.15) is 0 Å². The van der Waals surface area contributed by atoms with E-state index < -0.39 is 0 Å². The van der Waals surface area contributed by atoms with Crippen LogP contribution in [-0.4, -0.2) is 18.0 Å². The van der Waals surface area contributed by atoms with Crippen LogP contribution in [0.5, 0.6) is 0 Å². The Morgan fingerprint density at radius 1 is 1.20 bits per heavy atom. The molecule has 0 unspecified atom stereocenters. The number of anilines is 1. The minimum atomic E-state index is 0.774. The zero-order chi connectivity index (χ0) is 10.7. The molecule has 1 fully saturated rings. The average molecular weight is 225 g/mol. The fourth-order valence-electron chi connectivity index (χ4n) is 2.07. The Morgan fingerprint density at radius 3 is 2.67 bits per heavy atom. The third kappa shape index (κ3) is 2.86. The summed E-state index contributed by atoms with van der Waals surface area (Å²) in [7, 11) is 0. The Balaban J connectivity index is 2.05. The number of benzene rings is 1. The molecule has 2 N–H and O–H groups in total. The van der Waals surface area contributed by atoms with Gasteiger partial charge in [0.05, 0.1) is 0 Å². The molecular formula is C12H17ClN2. The number of piperidine rings is 1. The van der Waals surface area contributed by atoms with Gasteiger partial charge in [0.15, 0.2) is 0 Å². The molecule has 1 saturated heterocycles. The Hall–Kier alpha value is -0.730. The van der Waals surface area contributed by atoms with E-state index in [1.165, 1.54) is 32.4 Å². The topological polar surface area (TPSA) is 29.3 Å². The average Bonchev–Trinajstić information content (AvgIpc) is 2.25. The lowest BCUT2D eigenvalue weighted by atomic mass is 10.1. The van der Waals surface area contributed by atoms with E-state index in [9.17, 15) is 0 Å². The summed E-state index contributed by atoms with van der Waals surface area (Å²) in [5.74, 6) is 0. The molecule has 1 aliphatic rings. The maximum atomic E-state index is 5.96. The highest BCUT2D eigenvalue weighted by atomic mass is 35.5. The SMILES string of the molecule is Nc1ccc(Cl)cc1CN1CCCCC1. The van der Waals surface area contributed by atoms with Crippen LogP contribution in [-0.2, 0) is 6.54 Å². The van der Waals surface area contributed by atoms with Gasteiger partial charge < -0.3 is 5.73 Å². The standard InChI is InChI=1S/C12H17ClN2/c13-11-4-5-12(14)10(8-11)9-15-6-2-1-3-7-15/h4-5,8H,1-3,6-7,9,14H2. The number of halogens is 1. The fraction of sp³-hybridized carbons (Fsp3) is 0.500. The molecule has 0 spiro atoms. The number of rotatable bonds is 2. The molecule has 15 heavy (non-hydrogen) atoms. The van der Waals surface area contributed by atoms with E-state index in [2.05, 4.69) is 4.90 Å². The summed E-state index contributed by atoms with van der Waals surface area (Å²) < 4.78 is 0. The van der Waals surface area contributed by atoms with Gasteiger partial charge >= 0.3 is 0 Å². The highest BCUT2D eigenvalue weighted by molar-refractivity contribution is 6.30. The monoisotopic (exact) mass is 224 g/mol. The summed E-state index contributed by atoms with van der Waals surface area (Å²) >= 11 is 5.96. The molecule has 0 bridgehead atoms. The van der Waals surface area contributed by atoms with Crippen LogP contribution in [0.15, 0.2) is 18.2 Å². The molecule has 3 heteroatoms. The van der Waals surface area contributed by atoms with Crippen LogP contribution in [0, 0.1) is 0 Å². The van der Waals surface area contributed by atoms with Gasteiger partial charge in [-0.05, 0) is 49.7 Å². The van der Waals surface area contributed by atoms with Crippen molar-refractivity contribution < 1.29 is 0 Å². The number of nitrogens with zero attached hydrogens (tertiary/aromatic N) is 1. The van der Waals surface area contributed by atoms with Gasteiger partial charge in [-0.2, -0.15) is 0 Å². The van der Waals surface area contributed by atoms with Crippen molar-refractivity contribution in [2.75, 3.05) is 18.8 Å². The smallest absolute Gasteiger partial charge is 0.0410 e. The molecule has 0 radical (unpaired) electrons. The van der Waals surface area contributed by atoms with Gasteiger partial charge in [-0.3, -0.25) is 4.90 Å². The number of likely N-dealkylation sites (tertiary alicyclic amines) is 1. The van der Waals surface area contributed by atoms with E-state index in [1.807, 2.05) is 18.2 Å². The Labute approximate surface area is 96.0 Å². The van der Waals surface area contributed by atoms with Crippen molar-refractivity contribution in [3.05, 3.63) is 28.8 Å². The zero-order valence-corrected chi connectivity index (χ0v) is 9.63. The lowest BCUT2D eigenvalue weighted by Gasteiger charge is -2.26. The van der Waals surface area contributed by atoms with Gasteiger partial charge in [-0.25, -0.2) is 0 Å². The first-order chi connectivity index (χ1) is 7.25. The maximum Gasteiger partial charge on any atom is 0.0410 e. The third-order valence-electron chi connectivity index (χ3n) is 2.95. The van der Waals surface area contributed by atoms with Crippen LogP contribution in [0.3, 0.4) is 0 Å². The van der Waals surface area contributed by atoms with E-state index in [0.717, 1.165) is 22.8 Å². The van der Waals surface area contributed by atoms with Gasteiger partial charge in [0, 0.05) is 17.3 Å². The quantitative estimate of drug-likeness (QED) is 0.783. The molecule has 1 heterocycles. The summed E-state index contributed by atoms with van der Waals surface area (Å²) in [6, 6.07) is 5.71. The molecule has 0 aliphatic carbocycles. The number of hydrogen-bond donors (Lipinski definition) is 1. The largest absolute Gasteiger partial charge is 0.398 e. The Kier molecular flexibility index (Phi) is 3.49. The van der Waals surface area contributed by atoms with Gasteiger partial charge in [-0.15, -0.1) is 0 Å². The van der Waals surface area contributed by atoms with Crippen LogP contribution < -0.4 is 5.73 Å². The van der Waals surface area contributed by atoms with Crippen LogP contribution in [0.4, 0.5) is 5.69 Å². The molecule has 2 rings (SSSR count). The minimum Gasteiger partial charge on any atom is -0.398 e. The normalized spacial score (nSPS) is 17.9. The first kappa shape index (κ1) is 10.8. The van der Waals surface area contributed by atoms with Gasteiger partial charge in [0.2, 0.25) is 0 Å². The van der Waals surface area contributed by atoms with Crippen LogP contribution in [0.25, 0.3) is 0 Å². The second kappa shape index (κ2) is 4.86. The van der Waals surface area contributed by atoms with Crippen molar-refractivity contribution in [3.8, 4) is 0 Å². The molecule has 0 amide bonds. The van der Waals surface area contributed by atoms with Crippen molar-refractivity contribution in [1.82, 2.24) is 4.90 Å². The van der Waals surface area contributed by atoms with E-state index in [4.69, 9.17) is 17.3 Å².